The fourth-order valence-corrected chi connectivity index (χ4v) is 4.00. The molecule has 0 bridgehead atoms. The number of methoxy groups -OCH3 is 1. The van der Waals surface area contributed by atoms with Gasteiger partial charge in [-0.25, -0.2) is 9.79 Å². The van der Waals surface area contributed by atoms with Crippen LogP contribution in [0.4, 0.5) is 5.69 Å². The Morgan fingerprint density at radius 3 is 2.61 bits per heavy atom. The zero-order valence-corrected chi connectivity index (χ0v) is 18.0. The number of ether oxygens (including phenoxy) is 4. The lowest BCUT2D eigenvalue weighted by atomic mass is 10.1. The summed E-state index contributed by atoms with van der Waals surface area (Å²) in [6, 6.07) is 10.2. The van der Waals surface area contributed by atoms with Gasteiger partial charge in [-0.15, -0.1) is 0 Å². The van der Waals surface area contributed by atoms with Crippen LogP contribution >= 0.6 is 11.8 Å². The van der Waals surface area contributed by atoms with Crippen LogP contribution in [0.3, 0.4) is 0 Å². The van der Waals surface area contributed by atoms with Gasteiger partial charge in [-0.3, -0.25) is 9.69 Å². The minimum atomic E-state index is -0.382. The Kier molecular flexibility index (Phi) is 5.85. The molecule has 1 amide bonds. The topological polar surface area (TPSA) is 86.7 Å². The van der Waals surface area contributed by atoms with Gasteiger partial charge >= 0.3 is 5.97 Å². The second kappa shape index (κ2) is 8.73. The molecule has 2 aliphatic rings. The summed E-state index contributed by atoms with van der Waals surface area (Å²) in [5.41, 5.74) is 1.78. The molecule has 160 valence electrons. The van der Waals surface area contributed by atoms with E-state index in [1.54, 1.807) is 63.6 Å². The quantitative estimate of drug-likeness (QED) is 0.516. The lowest BCUT2D eigenvalue weighted by molar-refractivity contribution is -0.121. The fraction of sp³-hybridized carbons (Fsp3) is 0.227. The summed E-state index contributed by atoms with van der Waals surface area (Å²) in [6.07, 6.45) is 1.75. The summed E-state index contributed by atoms with van der Waals surface area (Å²) < 4.78 is 21.2. The molecule has 0 atom stereocenters. The highest BCUT2D eigenvalue weighted by molar-refractivity contribution is 8.18. The summed E-state index contributed by atoms with van der Waals surface area (Å²) >= 11 is 1.26. The van der Waals surface area contributed by atoms with Crippen molar-refractivity contribution in [2.24, 2.45) is 4.99 Å². The van der Waals surface area contributed by atoms with E-state index in [1.807, 2.05) is 0 Å². The lowest BCUT2D eigenvalue weighted by Crippen LogP contribution is -2.23. The molecule has 0 N–H and O–H groups in total. The molecule has 2 aliphatic heterocycles. The van der Waals surface area contributed by atoms with Crippen molar-refractivity contribution in [3.05, 3.63) is 52.4 Å². The first-order chi connectivity index (χ1) is 15.0. The number of amidine groups is 1. The van der Waals surface area contributed by atoms with Gasteiger partial charge in [0.15, 0.2) is 16.7 Å². The summed E-state index contributed by atoms with van der Waals surface area (Å²) in [5, 5.41) is 0.528. The first kappa shape index (κ1) is 20.8. The number of rotatable bonds is 5. The Labute approximate surface area is 183 Å². The number of hydrogen-bond donors (Lipinski definition) is 0. The van der Waals surface area contributed by atoms with Crippen LogP contribution in [0.5, 0.6) is 17.2 Å². The van der Waals surface area contributed by atoms with E-state index in [1.165, 1.54) is 16.7 Å². The average Bonchev–Trinajstić information content (AvgIpc) is 3.33. The lowest BCUT2D eigenvalue weighted by Gasteiger charge is -2.08. The zero-order valence-electron chi connectivity index (χ0n) is 17.2. The van der Waals surface area contributed by atoms with Crippen molar-refractivity contribution < 1.29 is 28.5 Å². The highest BCUT2D eigenvalue weighted by atomic mass is 32.2. The highest BCUT2D eigenvalue weighted by Crippen LogP contribution is 2.41. The summed E-state index contributed by atoms with van der Waals surface area (Å²) in [4.78, 5) is 31.1. The summed E-state index contributed by atoms with van der Waals surface area (Å²) in [5.74, 6) is 1.23. The molecule has 9 heteroatoms. The van der Waals surface area contributed by atoms with Gasteiger partial charge in [-0.1, -0.05) is 0 Å². The molecule has 0 spiro atoms. The Morgan fingerprint density at radius 2 is 1.94 bits per heavy atom. The first-order valence-electron chi connectivity index (χ1n) is 9.51. The Hall–Kier alpha value is -3.46. The van der Waals surface area contributed by atoms with E-state index in [9.17, 15) is 9.59 Å². The van der Waals surface area contributed by atoms with Gasteiger partial charge in [0.2, 0.25) is 6.79 Å². The van der Waals surface area contributed by atoms with Crippen molar-refractivity contribution in [2.45, 2.75) is 6.92 Å². The molecule has 4 rings (SSSR count). The van der Waals surface area contributed by atoms with E-state index in [2.05, 4.69) is 4.99 Å². The molecule has 31 heavy (non-hydrogen) atoms. The number of esters is 1. The van der Waals surface area contributed by atoms with Gasteiger partial charge in [0, 0.05) is 18.7 Å². The van der Waals surface area contributed by atoms with E-state index in [0.717, 1.165) is 0 Å². The number of nitrogens with zero attached hydrogens (tertiary/aromatic N) is 2. The number of carbonyl (C=O) groups excluding carboxylic acids is 2. The third-order valence-corrected chi connectivity index (χ3v) is 5.68. The third-order valence-electron chi connectivity index (χ3n) is 4.62. The molecule has 0 aromatic heterocycles. The van der Waals surface area contributed by atoms with Crippen molar-refractivity contribution in [1.29, 1.82) is 0 Å². The van der Waals surface area contributed by atoms with Gasteiger partial charge in [0.05, 0.1) is 29.9 Å². The van der Waals surface area contributed by atoms with Gasteiger partial charge in [0.1, 0.15) is 5.75 Å². The fourth-order valence-electron chi connectivity index (χ4n) is 3.02. The SMILES string of the molecule is CCOC(=O)c1ccc(N=C2SC(=Cc3cc4c(cc3OC)OCO4)C(=O)N2C)cc1. The molecule has 2 heterocycles. The Morgan fingerprint density at radius 1 is 1.23 bits per heavy atom. The second-order valence-corrected chi connectivity index (χ2v) is 7.59. The van der Waals surface area contributed by atoms with Crippen LogP contribution in [0.2, 0.25) is 0 Å². The number of fused-ring (bicyclic) bond motifs is 1. The average molecular weight is 440 g/mol. The monoisotopic (exact) mass is 440 g/mol. The maximum atomic E-state index is 12.8. The van der Waals surface area contributed by atoms with Gasteiger partial charge in [0.25, 0.3) is 5.91 Å². The van der Waals surface area contributed by atoms with E-state index in [-0.39, 0.29) is 18.7 Å². The summed E-state index contributed by atoms with van der Waals surface area (Å²) in [7, 11) is 3.22. The van der Waals surface area contributed by atoms with Crippen molar-refractivity contribution in [3.8, 4) is 17.2 Å². The van der Waals surface area contributed by atoms with Crippen LogP contribution in [0.25, 0.3) is 6.08 Å². The van der Waals surface area contributed by atoms with Crippen LogP contribution in [0.15, 0.2) is 46.3 Å². The maximum Gasteiger partial charge on any atom is 0.338 e. The molecule has 1 fully saturated rings. The number of amides is 1. The van der Waals surface area contributed by atoms with Gasteiger partial charge in [-0.05, 0) is 55.1 Å². The van der Waals surface area contributed by atoms with Crippen molar-refractivity contribution >= 4 is 40.6 Å². The minimum absolute atomic E-state index is 0.153. The number of benzene rings is 2. The third kappa shape index (κ3) is 4.22. The molecule has 0 radical (unpaired) electrons. The predicted octanol–water partition coefficient (Wildman–Crippen LogP) is 3.83. The minimum Gasteiger partial charge on any atom is -0.496 e. The largest absolute Gasteiger partial charge is 0.496 e. The molecule has 0 aliphatic carbocycles. The van der Waals surface area contributed by atoms with Crippen molar-refractivity contribution in [3.63, 3.8) is 0 Å². The molecule has 0 saturated carbocycles. The standard InChI is InChI=1S/C22H20N2O6S/c1-4-28-21(26)13-5-7-15(8-6-13)23-22-24(2)20(25)19(31-22)10-14-9-17-18(30-12-29-17)11-16(14)27-3/h5-11H,4,12H2,1-3H3. The Balaban J connectivity index is 1.59. The zero-order chi connectivity index (χ0) is 22.0. The van der Waals surface area contributed by atoms with Crippen molar-refractivity contribution in [1.82, 2.24) is 4.90 Å². The van der Waals surface area contributed by atoms with E-state index >= 15 is 0 Å². The number of aliphatic imine (C=N–C) groups is 1. The van der Waals surface area contributed by atoms with Crippen LogP contribution in [0, 0.1) is 0 Å². The molecule has 2 aromatic carbocycles. The second-order valence-electron chi connectivity index (χ2n) is 6.58. The number of thioether (sulfide) groups is 1. The van der Waals surface area contributed by atoms with Crippen LogP contribution in [-0.2, 0) is 9.53 Å². The number of likely N-dealkylation sites (N-methyl/N-ethyl adjacent to an activating group) is 1. The molecule has 2 aromatic rings. The molecular formula is C22H20N2O6S. The molecule has 1 saturated heterocycles. The highest BCUT2D eigenvalue weighted by Gasteiger charge is 2.31. The predicted molar refractivity (Wildman–Crippen MR) is 117 cm³/mol. The Bertz CT molecular complexity index is 1090. The van der Waals surface area contributed by atoms with Gasteiger partial charge in [-0.2, -0.15) is 0 Å². The maximum absolute atomic E-state index is 12.8. The van der Waals surface area contributed by atoms with E-state index in [4.69, 9.17) is 18.9 Å². The van der Waals surface area contributed by atoms with E-state index in [0.29, 0.717) is 50.7 Å². The van der Waals surface area contributed by atoms with E-state index < -0.39 is 0 Å². The molecule has 0 unspecified atom stereocenters. The first-order valence-corrected chi connectivity index (χ1v) is 10.3. The molecular weight excluding hydrogens is 420 g/mol. The van der Waals surface area contributed by atoms with Crippen LogP contribution in [0.1, 0.15) is 22.8 Å². The normalized spacial score (nSPS) is 17.5. The van der Waals surface area contributed by atoms with Crippen LogP contribution in [-0.4, -0.2) is 49.5 Å². The number of carbonyl (C=O) groups is 2. The van der Waals surface area contributed by atoms with Crippen LogP contribution < -0.4 is 14.2 Å². The molecule has 8 nitrogen and oxygen atoms in total. The summed E-state index contributed by atoms with van der Waals surface area (Å²) in [6.45, 7) is 2.23. The smallest absolute Gasteiger partial charge is 0.338 e. The van der Waals surface area contributed by atoms with Gasteiger partial charge < -0.3 is 18.9 Å². The number of hydrogen-bond acceptors (Lipinski definition) is 8. The van der Waals surface area contributed by atoms with Crippen molar-refractivity contribution in [2.75, 3.05) is 27.6 Å².